The van der Waals surface area contributed by atoms with Gasteiger partial charge in [-0.25, -0.2) is 8.42 Å². The van der Waals surface area contributed by atoms with Crippen molar-refractivity contribution in [3.63, 3.8) is 0 Å². The van der Waals surface area contributed by atoms with Gasteiger partial charge in [-0.3, -0.25) is 4.79 Å². The molecule has 1 aliphatic heterocycles. The van der Waals surface area contributed by atoms with Crippen molar-refractivity contribution in [1.29, 1.82) is 0 Å². The van der Waals surface area contributed by atoms with Gasteiger partial charge in [-0.15, -0.1) is 0 Å². The molecule has 1 aromatic rings. The van der Waals surface area contributed by atoms with Crippen molar-refractivity contribution >= 4 is 41.6 Å². The number of rotatable bonds is 4. The van der Waals surface area contributed by atoms with Gasteiger partial charge in [0.2, 0.25) is 0 Å². The summed E-state index contributed by atoms with van der Waals surface area (Å²) in [6.45, 7) is 2.74. The normalized spacial score (nSPS) is 18.7. The predicted molar refractivity (Wildman–Crippen MR) is 83.2 cm³/mol. The average molecular weight is 397 g/mol. The fraction of sp³-hybridized carbons (Fsp3) is 0.462. The number of ether oxygens (including phenoxy) is 1. The molecule has 2 rings (SSSR count). The third kappa shape index (κ3) is 4.18. The minimum absolute atomic E-state index is 0.0269. The molecule has 1 heterocycles. The summed E-state index contributed by atoms with van der Waals surface area (Å²) in [6, 6.07) is 2.86. The Kier molecular flexibility index (Phi) is 5.29. The molecule has 1 aromatic carbocycles. The first-order valence-electron chi connectivity index (χ1n) is 6.43. The van der Waals surface area contributed by atoms with Crippen LogP contribution in [-0.2, 0) is 13.8 Å². The first-order valence-corrected chi connectivity index (χ1v) is 9.54. The summed E-state index contributed by atoms with van der Waals surface area (Å²) in [4.78, 5) is 12.0. The molecular formula is C13H15BrClNO4S. The highest BCUT2D eigenvalue weighted by Crippen LogP contribution is 2.28. The topological polar surface area (TPSA) is 72.5 Å². The fourth-order valence-corrected chi connectivity index (χ4v) is 3.97. The SMILES string of the molecule is Cc1c(Br)cc(C(=O)NCC2CCCO2)cc1S(=O)(=O)Cl. The number of benzene rings is 1. The number of hydrogen-bond donors (Lipinski definition) is 1. The lowest BCUT2D eigenvalue weighted by Gasteiger charge is -2.12. The number of carbonyl (C=O) groups is 1. The van der Waals surface area contributed by atoms with Gasteiger partial charge in [0.1, 0.15) is 0 Å². The van der Waals surface area contributed by atoms with Gasteiger partial charge in [-0.2, -0.15) is 0 Å². The molecule has 116 valence electrons. The summed E-state index contributed by atoms with van der Waals surface area (Å²) >= 11 is 3.25. The summed E-state index contributed by atoms with van der Waals surface area (Å²) in [7, 11) is 1.49. The molecule has 0 saturated carbocycles. The van der Waals surface area contributed by atoms with Crippen LogP contribution in [0.4, 0.5) is 0 Å². The quantitative estimate of drug-likeness (QED) is 0.794. The number of carbonyl (C=O) groups excluding carboxylic acids is 1. The van der Waals surface area contributed by atoms with Crippen LogP contribution >= 0.6 is 26.6 Å². The molecule has 1 amide bonds. The minimum Gasteiger partial charge on any atom is -0.376 e. The summed E-state index contributed by atoms with van der Waals surface area (Å²) < 4.78 is 29.0. The molecule has 1 unspecified atom stereocenters. The van der Waals surface area contributed by atoms with Crippen LogP contribution < -0.4 is 5.32 Å². The molecule has 0 bridgehead atoms. The second kappa shape index (κ2) is 6.64. The molecule has 8 heteroatoms. The van der Waals surface area contributed by atoms with Crippen LogP contribution in [0.1, 0.15) is 28.8 Å². The molecule has 1 N–H and O–H groups in total. The Hall–Kier alpha value is -0.630. The molecule has 0 spiro atoms. The Morgan fingerprint density at radius 3 is 2.81 bits per heavy atom. The van der Waals surface area contributed by atoms with E-state index in [4.69, 9.17) is 15.4 Å². The van der Waals surface area contributed by atoms with E-state index in [1.54, 1.807) is 13.0 Å². The third-order valence-electron chi connectivity index (χ3n) is 3.34. The van der Waals surface area contributed by atoms with Crippen molar-refractivity contribution in [3.05, 3.63) is 27.7 Å². The zero-order chi connectivity index (χ0) is 15.6. The summed E-state index contributed by atoms with van der Waals surface area (Å²) in [5.41, 5.74) is 0.713. The zero-order valence-corrected chi connectivity index (χ0v) is 14.5. The van der Waals surface area contributed by atoms with E-state index in [9.17, 15) is 13.2 Å². The molecule has 21 heavy (non-hydrogen) atoms. The largest absolute Gasteiger partial charge is 0.376 e. The number of hydrogen-bond acceptors (Lipinski definition) is 4. The average Bonchev–Trinajstić information content (AvgIpc) is 2.90. The van der Waals surface area contributed by atoms with Gasteiger partial charge in [0.15, 0.2) is 0 Å². The predicted octanol–water partition coefficient (Wildman–Crippen LogP) is 2.59. The summed E-state index contributed by atoms with van der Waals surface area (Å²) in [6.07, 6.45) is 1.93. The fourth-order valence-electron chi connectivity index (χ4n) is 2.15. The van der Waals surface area contributed by atoms with Crippen molar-refractivity contribution in [2.45, 2.75) is 30.8 Å². The highest BCUT2D eigenvalue weighted by atomic mass is 79.9. The Balaban J connectivity index is 2.19. The summed E-state index contributed by atoms with van der Waals surface area (Å²) in [5.74, 6) is -0.354. The molecule has 5 nitrogen and oxygen atoms in total. The lowest BCUT2D eigenvalue weighted by molar-refractivity contribution is 0.0857. The van der Waals surface area contributed by atoms with Gasteiger partial charge in [-0.05, 0) is 37.5 Å². The first kappa shape index (κ1) is 16.7. The number of amides is 1. The minimum atomic E-state index is -3.91. The van der Waals surface area contributed by atoms with E-state index in [-0.39, 0.29) is 22.5 Å². The van der Waals surface area contributed by atoms with Gasteiger partial charge in [0, 0.05) is 33.9 Å². The van der Waals surface area contributed by atoms with Crippen LogP contribution in [0.15, 0.2) is 21.5 Å². The van der Waals surface area contributed by atoms with Crippen molar-refractivity contribution in [3.8, 4) is 0 Å². The Morgan fingerprint density at radius 1 is 1.52 bits per heavy atom. The maximum atomic E-state index is 12.1. The van der Waals surface area contributed by atoms with Gasteiger partial charge >= 0.3 is 0 Å². The maximum Gasteiger partial charge on any atom is 0.261 e. The first-order chi connectivity index (χ1) is 9.79. The molecule has 1 atom stereocenters. The molecular weight excluding hydrogens is 382 g/mol. The molecule has 0 aromatic heterocycles. The van der Waals surface area contributed by atoms with E-state index in [1.165, 1.54) is 6.07 Å². The Morgan fingerprint density at radius 2 is 2.24 bits per heavy atom. The zero-order valence-electron chi connectivity index (χ0n) is 11.4. The van der Waals surface area contributed by atoms with E-state index in [0.717, 1.165) is 12.8 Å². The van der Waals surface area contributed by atoms with Gasteiger partial charge in [-0.1, -0.05) is 15.9 Å². The molecule has 0 radical (unpaired) electrons. The van der Waals surface area contributed by atoms with Crippen molar-refractivity contribution in [2.24, 2.45) is 0 Å². The van der Waals surface area contributed by atoms with Gasteiger partial charge in [0.25, 0.3) is 15.0 Å². The highest BCUT2D eigenvalue weighted by Gasteiger charge is 2.21. The lowest BCUT2D eigenvalue weighted by Crippen LogP contribution is -2.31. The van der Waals surface area contributed by atoms with E-state index in [0.29, 0.717) is 23.2 Å². The molecule has 0 aliphatic carbocycles. The van der Waals surface area contributed by atoms with Crippen LogP contribution in [-0.4, -0.2) is 33.6 Å². The number of halogens is 2. The molecule has 1 fully saturated rings. The smallest absolute Gasteiger partial charge is 0.261 e. The standard InChI is InChI=1S/C13H15BrClNO4S/c1-8-11(14)5-9(6-12(8)21(15,18)19)13(17)16-7-10-3-2-4-20-10/h5-6,10H,2-4,7H2,1H3,(H,16,17). The van der Waals surface area contributed by atoms with Gasteiger partial charge in [0.05, 0.1) is 11.0 Å². The second-order valence-corrected chi connectivity index (χ2v) is 8.25. The third-order valence-corrected chi connectivity index (χ3v) is 5.61. The van der Waals surface area contributed by atoms with E-state index >= 15 is 0 Å². The van der Waals surface area contributed by atoms with Crippen LogP contribution in [0.2, 0.25) is 0 Å². The Labute approximate surface area is 136 Å². The van der Waals surface area contributed by atoms with Crippen LogP contribution in [0.3, 0.4) is 0 Å². The van der Waals surface area contributed by atoms with Crippen molar-refractivity contribution < 1.29 is 17.9 Å². The Bertz CT molecular complexity index is 656. The van der Waals surface area contributed by atoms with E-state index in [2.05, 4.69) is 21.2 Å². The van der Waals surface area contributed by atoms with E-state index in [1.807, 2.05) is 0 Å². The lowest BCUT2D eigenvalue weighted by atomic mass is 10.1. The van der Waals surface area contributed by atoms with Gasteiger partial charge < -0.3 is 10.1 Å². The van der Waals surface area contributed by atoms with E-state index < -0.39 is 9.05 Å². The van der Waals surface area contributed by atoms with Crippen LogP contribution in [0, 0.1) is 6.92 Å². The number of nitrogens with one attached hydrogen (secondary N) is 1. The second-order valence-electron chi connectivity index (χ2n) is 4.86. The molecule has 1 aliphatic rings. The maximum absolute atomic E-state index is 12.1. The molecule has 1 saturated heterocycles. The van der Waals surface area contributed by atoms with Crippen molar-refractivity contribution in [2.75, 3.05) is 13.2 Å². The monoisotopic (exact) mass is 395 g/mol. The van der Waals surface area contributed by atoms with Crippen LogP contribution in [0.25, 0.3) is 0 Å². The summed E-state index contributed by atoms with van der Waals surface area (Å²) in [5, 5.41) is 2.74. The highest BCUT2D eigenvalue weighted by molar-refractivity contribution is 9.10. The van der Waals surface area contributed by atoms with Crippen LogP contribution in [0.5, 0.6) is 0 Å². The van der Waals surface area contributed by atoms with Crippen molar-refractivity contribution in [1.82, 2.24) is 5.32 Å².